The molecule has 5 nitrogen and oxygen atoms in total. The molecule has 0 atom stereocenters. The van der Waals surface area contributed by atoms with Gasteiger partial charge >= 0.3 is 5.69 Å². The number of nitrogens with zero attached hydrogens (tertiary/aromatic N) is 3. The molecule has 5 heteroatoms. The molecule has 1 aromatic carbocycles. The maximum atomic E-state index is 11.8. The van der Waals surface area contributed by atoms with Crippen LogP contribution in [0.5, 0.6) is 0 Å². The Morgan fingerprint density at radius 3 is 2.38 bits per heavy atom. The van der Waals surface area contributed by atoms with E-state index in [4.69, 9.17) is 0 Å². The summed E-state index contributed by atoms with van der Waals surface area (Å²) in [6, 6.07) is 8.99. The first-order chi connectivity index (χ1) is 7.61. The lowest BCUT2D eigenvalue weighted by Gasteiger charge is -2.06. The Morgan fingerprint density at radius 1 is 1.12 bits per heavy atom. The number of hydrogen-bond acceptors (Lipinski definition) is 3. The lowest BCUT2D eigenvalue weighted by Crippen LogP contribution is -2.40. The van der Waals surface area contributed by atoms with Gasteiger partial charge in [0.15, 0.2) is 0 Å². The minimum absolute atomic E-state index is 0.297. The number of rotatable bonds is 1. The van der Waals surface area contributed by atoms with E-state index >= 15 is 0 Å². The van der Waals surface area contributed by atoms with Gasteiger partial charge in [-0.05, 0) is 19.1 Å². The molecule has 0 aliphatic rings. The van der Waals surface area contributed by atoms with E-state index in [1.54, 1.807) is 19.1 Å². The normalized spacial score (nSPS) is 10.4. The zero-order valence-corrected chi connectivity index (χ0v) is 9.04. The van der Waals surface area contributed by atoms with Crippen LogP contribution in [0.4, 0.5) is 0 Å². The maximum Gasteiger partial charge on any atom is 0.351 e. The molecule has 0 aliphatic carbocycles. The van der Waals surface area contributed by atoms with E-state index < -0.39 is 5.69 Å². The van der Waals surface area contributed by atoms with Crippen LogP contribution in [0.1, 0.15) is 5.69 Å². The third-order valence-corrected chi connectivity index (χ3v) is 2.33. The first-order valence-corrected chi connectivity index (χ1v) is 4.83. The van der Waals surface area contributed by atoms with Gasteiger partial charge in [-0.25, -0.2) is 4.79 Å². The monoisotopic (exact) mass is 217 g/mol. The second-order valence-electron chi connectivity index (χ2n) is 3.48. The van der Waals surface area contributed by atoms with Gasteiger partial charge in [0.2, 0.25) is 0 Å². The first kappa shape index (κ1) is 10.4. The average Bonchev–Trinajstić information content (AvgIpc) is 2.32. The molecule has 1 heterocycles. The Hall–Kier alpha value is -2.17. The molecule has 2 rings (SSSR count). The maximum absolute atomic E-state index is 11.8. The summed E-state index contributed by atoms with van der Waals surface area (Å²) in [7, 11) is 1.44. The van der Waals surface area contributed by atoms with Crippen LogP contribution in [0.15, 0.2) is 39.9 Å². The van der Waals surface area contributed by atoms with Crippen LogP contribution in [0.2, 0.25) is 0 Å². The third-order valence-electron chi connectivity index (χ3n) is 2.33. The molecule has 0 bridgehead atoms. The van der Waals surface area contributed by atoms with Crippen LogP contribution in [0.3, 0.4) is 0 Å². The van der Waals surface area contributed by atoms with Crippen molar-refractivity contribution >= 4 is 0 Å². The number of aromatic nitrogens is 3. The summed E-state index contributed by atoms with van der Waals surface area (Å²) in [5.41, 5.74) is 0.135. The fraction of sp³-hybridized carbons (Fsp3) is 0.182. The van der Waals surface area contributed by atoms with Crippen molar-refractivity contribution in [1.82, 2.24) is 14.3 Å². The minimum Gasteiger partial charge on any atom is -0.267 e. The van der Waals surface area contributed by atoms with Crippen molar-refractivity contribution in [2.75, 3.05) is 0 Å². The standard InChI is InChI=1S/C11H11N3O2/c1-8-10(15)13(2)11(16)14(12-8)9-6-4-3-5-7-9/h3-7H,1-2H3. The highest BCUT2D eigenvalue weighted by molar-refractivity contribution is 5.29. The van der Waals surface area contributed by atoms with Gasteiger partial charge in [-0.3, -0.25) is 9.36 Å². The van der Waals surface area contributed by atoms with E-state index in [0.717, 1.165) is 4.57 Å². The lowest BCUT2D eigenvalue weighted by molar-refractivity contribution is 0.639. The van der Waals surface area contributed by atoms with Crippen molar-refractivity contribution < 1.29 is 0 Å². The SMILES string of the molecule is Cc1nn(-c2ccccc2)c(=O)n(C)c1=O. The first-order valence-electron chi connectivity index (χ1n) is 4.83. The second kappa shape index (κ2) is 3.77. The number of para-hydroxylation sites is 1. The molecule has 0 unspecified atom stereocenters. The summed E-state index contributed by atoms with van der Waals surface area (Å²) in [6.45, 7) is 1.58. The average molecular weight is 217 g/mol. The van der Waals surface area contributed by atoms with E-state index in [1.165, 1.54) is 11.7 Å². The van der Waals surface area contributed by atoms with Gasteiger partial charge in [-0.15, -0.1) is 0 Å². The Kier molecular flexibility index (Phi) is 2.44. The van der Waals surface area contributed by atoms with Gasteiger partial charge in [-0.1, -0.05) is 18.2 Å². The zero-order valence-electron chi connectivity index (χ0n) is 9.04. The summed E-state index contributed by atoms with van der Waals surface area (Å²) in [5, 5.41) is 3.97. The molecule has 0 fully saturated rings. The number of hydrogen-bond donors (Lipinski definition) is 0. The quantitative estimate of drug-likeness (QED) is 0.687. The lowest BCUT2D eigenvalue weighted by atomic mass is 10.3. The van der Waals surface area contributed by atoms with Crippen LogP contribution in [0.25, 0.3) is 5.69 Å². The molecule has 1 aromatic heterocycles. The largest absolute Gasteiger partial charge is 0.351 e. The van der Waals surface area contributed by atoms with Crippen molar-refractivity contribution in [2.45, 2.75) is 6.92 Å². The Balaban J connectivity index is 2.78. The van der Waals surface area contributed by atoms with E-state index in [9.17, 15) is 9.59 Å². The fourth-order valence-corrected chi connectivity index (χ4v) is 1.44. The molecule has 0 spiro atoms. The molecule has 16 heavy (non-hydrogen) atoms. The van der Waals surface area contributed by atoms with Gasteiger partial charge in [0.1, 0.15) is 5.69 Å². The summed E-state index contributed by atoms with van der Waals surface area (Å²) >= 11 is 0. The smallest absolute Gasteiger partial charge is 0.267 e. The second-order valence-corrected chi connectivity index (χ2v) is 3.48. The number of benzene rings is 1. The highest BCUT2D eigenvalue weighted by Crippen LogP contribution is 2.00. The van der Waals surface area contributed by atoms with E-state index in [2.05, 4.69) is 5.10 Å². The Labute approximate surface area is 91.6 Å². The van der Waals surface area contributed by atoms with E-state index in [1.807, 2.05) is 18.2 Å². The molecular weight excluding hydrogens is 206 g/mol. The van der Waals surface area contributed by atoms with Crippen molar-refractivity contribution in [3.63, 3.8) is 0 Å². The van der Waals surface area contributed by atoms with Gasteiger partial charge in [-0.2, -0.15) is 9.78 Å². The number of aryl methyl sites for hydroxylation is 1. The molecule has 2 aromatic rings. The molecule has 0 amide bonds. The van der Waals surface area contributed by atoms with Crippen LogP contribution in [-0.4, -0.2) is 14.3 Å². The molecule has 0 saturated heterocycles. The van der Waals surface area contributed by atoms with E-state index in [-0.39, 0.29) is 5.56 Å². The summed E-state index contributed by atoms with van der Waals surface area (Å²) < 4.78 is 2.27. The highest BCUT2D eigenvalue weighted by atomic mass is 16.2. The minimum atomic E-state index is -0.443. The van der Waals surface area contributed by atoms with Crippen LogP contribution >= 0.6 is 0 Å². The molecule has 0 saturated carbocycles. The Bertz CT molecular complexity index is 626. The van der Waals surface area contributed by atoms with Crippen molar-refractivity contribution in [2.24, 2.45) is 7.05 Å². The third kappa shape index (κ3) is 1.56. The summed E-state index contributed by atoms with van der Waals surface area (Å²) in [6.07, 6.45) is 0. The fourth-order valence-electron chi connectivity index (χ4n) is 1.44. The highest BCUT2D eigenvalue weighted by Gasteiger charge is 2.07. The summed E-state index contributed by atoms with van der Waals surface area (Å²) in [5.74, 6) is 0. The molecule has 0 aliphatic heterocycles. The topological polar surface area (TPSA) is 56.9 Å². The van der Waals surface area contributed by atoms with E-state index in [0.29, 0.717) is 11.4 Å². The molecular formula is C11H11N3O2. The van der Waals surface area contributed by atoms with Crippen LogP contribution < -0.4 is 11.2 Å². The Morgan fingerprint density at radius 2 is 1.75 bits per heavy atom. The predicted molar refractivity (Wildman–Crippen MR) is 59.8 cm³/mol. The molecule has 0 radical (unpaired) electrons. The van der Waals surface area contributed by atoms with Crippen molar-refractivity contribution in [3.8, 4) is 5.69 Å². The predicted octanol–water partition coefficient (Wildman–Crippen LogP) is 0.240. The van der Waals surface area contributed by atoms with Gasteiger partial charge < -0.3 is 0 Å². The molecule has 82 valence electrons. The summed E-state index contributed by atoms with van der Waals surface area (Å²) in [4.78, 5) is 23.3. The van der Waals surface area contributed by atoms with Crippen LogP contribution in [0, 0.1) is 6.92 Å². The van der Waals surface area contributed by atoms with Gasteiger partial charge in [0.25, 0.3) is 5.56 Å². The van der Waals surface area contributed by atoms with Crippen molar-refractivity contribution in [3.05, 3.63) is 56.9 Å². The van der Waals surface area contributed by atoms with Crippen LogP contribution in [-0.2, 0) is 7.05 Å². The molecule has 0 N–H and O–H groups in total. The van der Waals surface area contributed by atoms with Gasteiger partial charge in [0, 0.05) is 7.05 Å². The van der Waals surface area contributed by atoms with Gasteiger partial charge in [0.05, 0.1) is 5.69 Å². The zero-order chi connectivity index (χ0) is 11.7. The van der Waals surface area contributed by atoms with Crippen molar-refractivity contribution in [1.29, 1.82) is 0 Å².